The van der Waals surface area contributed by atoms with Crippen LogP contribution in [0.15, 0.2) is 60.7 Å². The van der Waals surface area contributed by atoms with Crippen LogP contribution in [0, 0.1) is 0 Å². The first-order chi connectivity index (χ1) is 10.2. The molecule has 2 aromatic carbocycles. The highest BCUT2D eigenvalue weighted by molar-refractivity contribution is 7.92. The van der Waals surface area contributed by atoms with Crippen molar-refractivity contribution in [3.05, 3.63) is 71.8 Å². The molecule has 21 heavy (non-hydrogen) atoms. The van der Waals surface area contributed by atoms with Crippen molar-refractivity contribution in [2.75, 3.05) is 0 Å². The predicted octanol–water partition coefficient (Wildman–Crippen LogP) is 3.42. The van der Waals surface area contributed by atoms with Gasteiger partial charge in [-0.1, -0.05) is 60.7 Å². The Morgan fingerprint density at radius 3 is 1.48 bits per heavy atom. The lowest BCUT2D eigenvalue weighted by molar-refractivity contribution is 0.580. The Balaban J connectivity index is 1.73. The Morgan fingerprint density at radius 2 is 1.10 bits per heavy atom. The van der Waals surface area contributed by atoms with Crippen molar-refractivity contribution in [2.45, 2.75) is 36.2 Å². The third kappa shape index (κ3) is 3.18. The fourth-order valence-corrected chi connectivity index (χ4v) is 5.49. The largest absolute Gasteiger partial charge is 0.228 e. The summed E-state index contributed by atoms with van der Waals surface area (Å²) in [6.07, 6.45) is 2.87. The molecule has 2 nitrogen and oxygen atoms in total. The van der Waals surface area contributed by atoms with Crippen molar-refractivity contribution < 1.29 is 8.42 Å². The molecule has 3 rings (SSSR count). The first kappa shape index (κ1) is 14.3. The van der Waals surface area contributed by atoms with E-state index < -0.39 is 9.84 Å². The van der Waals surface area contributed by atoms with Gasteiger partial charge in [-0.15, -0.1) is 0 Å². The van der Waals surface area contributed by atoms with Crippen molar-refractivity contribution in [2.24, 2.45) is 0 Å². The second kappa shape index (κ2) is 6.02. The number of hydrogen-bond donors (Lipinski definition) is 0. The van der Waals surface area contributed by atoms with Crippen molar-refractivity contribution in [3.8, 4) is 0 Å². The fourth-order valence-electron chi connectivity index (χ4n) is 3.16. The summed E-state index contributed by atoms with van der Waals surface area (Å²) >= 11 is 0. The number of sulfone groups is 1. The molecule has 1 heterocycles. The van der Waals surface area contributed by atoms with E-state index in [9.17, 15) is 8.42 Å². The number of benzene rings is 2. The average molecular weight is 300 g/mol. The van der Waals surface area contributed by atoms with Crippen molar-refractivity contribution >= 4 is 9.84 Å². The molecule has 0 amide bonds. The molecule has 0 N–H and O–H groups in total. The molecule has 110 valence electrons. The maximum Gasteiger partial charge on any atom is 0.156 e. The minimum atomic E-state index is -3.02. The van der Waals surface area contributed by atoms with Gasteiger partial charge >= 0.3 is 0 Å². The normalized spacial score (nSPS) is 24.0. The van der Waals surface area contributed by atoms with Crippen molar-refractivity contribution in [1.82, 2.24) is 0 Å². The summed E-state index contributed by atoms with van der Waals surface area (Å²) in [6.45, 7) is 0. The van der Waals surface area contributed by atoms with E-state index in [1.807, 2.05) is 60.7 Å². The predicted molar refractivity (Wildman–Crippen MR) is 86.0 cm³/mol. The molecular formula is C18H20O2S. The zero-order valence-corrected chi connectivity index (χ0v) is 12.8. The van der Waals surface area contributed by atoms with Gasteiger partial charge in [-0.3, -0.25) is 0 Å². The molecule has 0 aromatic heterocycles. The number of hydrogen-bond acceptors (Lipinski definition) is 2. The van der Waals surface area contributed by atoms with Crippen molar-refractivity contribution in [3.63, 3.8) is 0 Å². The van der Waals surface area contributed by atoms with Gasteiger partial charge in [0.2, 0.25) is 0 Å². The Labute approximate surface area is 126 Å². The summed E-state index contributed by atoms with van der Waals surface area (Å²) in [5.41, 5.74) is 2.23. The van der Waals surface area contributed by atoms with Crippen LogP contribution in [-0.2, 0) is 22.7 Å². The van der Waals surface area contributed by atoms with Gasteiger partial charge < -0.3 is 0 Å². The minimum absolute atomic E-state index is 0.214. The zero-order valence-electron chi connectivity index (χ0n) is 12.0. The molecular weight excluding hydrogens is 280 g/mol. The molecule has 0 spiro atoms. The van der Waals surface area contributed by atoms with E-state index >= 15 is 0 Å². The molecule has 2 unspecified atom stereocenters. The van der Waals surface area contributed by atoms with E-state index in [2.05, 4.69) is 0 Å². The van der Waals surface area contributed by atoms with Crippen LogP contribution in [0.25, 0.3) is 0 Å². The summed E-state index contributed by atoms with van der Waals surface area (Å²) in [6, 6.07) is 19.9. The number of rotatable bonds is 4. The summed E-state index contributed by atoms with van der Waals surface area (Å²) in [4.78, 5) is 0. The molecule has 2 atom stereocenters. The fraction of sp³-hybridized carbons (Fsp3) is 0.333. The van der Waals surface area contributed by atoms with Gasteiger partial charge in [0.25, 0.3) is 0 Å². The lowest BCUT2D eigenvalue weighted by Gasteiger charge is -2.14. The molecule has 0 saturated carbocycles. The molecule has 1 saturated heterocycles. The van der Waals surface area contributed by atoms with Gasteiger partial charge in [0, 0.05) is 0 Å². The quantitative estimate of drug-likeness (QED) is 0.867. The average Bonchev–Trinajstić information content (AvgIpc) is 2.77. The van der Waals surface area contributed by atoms with E-state index in [0.29, 0.717) is 12.8 Å². The standard InChI is InChI=1S/C18H20O2S/c19-21(20)17(13-15-7-3-1-4-8-15)11-12-18(21)14-16-9-5-2-6-10-16/h1-10,17-18H,11-14H2. The van der Waals surface area contributed by atoms with E-state index in [1.165, 1.54) is 0 Å². The van der Waals surface area contributed by atoms with Crippen LogP contribution in [-0.4, -0.2) is 18.9 Å². The lowest BCUT2D eigenvalue weighted by atomic mass is 10.0. The van der Waals surface area contributed by atoms with E-state index in [1.54, 1.807) is 0 Å². The smallest absolute Gasteiger partial charge is 0.156 e. The summed E-state index contributed by atoms with van der Waals surface area (Å²) in [5, 5.41) is -0.428. The summed E-state index contributed by atoms with van der Waals surface area (Å²) in [7, 11) is -3.02. The highest BCUT2D eigenvalue weighted by Gasteiger charge is 2.40. The van der Waals surface area contributed by atoms with Gasteiger partial charge in [-0.05, 0) is 36.8 Å². The third-order valence-electron chi connectivity index (χ3n) is 4.35. The van der Waals surface area contributed by atoms with Gasteiger partial charge in [0.05, 0.1) is 10.5 Å². The topological polar surface area (TPSA) is 34.1 Å². The molecule has 1 fully saturated rings. The van der Waals surface area contributed by atoms with Crippen LogP contribution in [0.4, 0.5) is 0 Å². The molecule has 1 aliphatic heterocycles. The molecule has 1 aliphatic rings. The van der Waals surface area contributed by atoms with Gasteiger partial charge in [0.15, 0.2) is 9.84 Å². The molecule has 3 heteroatoms. The Bertz CT molecular complexity index is 622. The van der Waals surface area contributed by atoms with E-state index in [-0.39, 0.29) is 10.5 Å². The van der Waals surface area contributed by atoms with E-state index in [4.69, 9.17) is 0 Å². The highest BCUT2D eigenvalue weighted by atomic mass is 32.2. The van der Waals surface area contributed by atoms with Crippen LogP contribution in [0.2, 0.25) is 0 Å². The summed E-state index contributed by atoms with van der Waals surface area (Å²) < 4.78 is 25.4. The van der Waals surface area contributed by atoms with Crippen molar-refractivity contribution in [1.29, 1.82) is 0 Å². The SMILES string of the molecule is O=S1(=O)C(Cc2ccccc2)CCC1Cc1ccccc1. The Hall–Kier alpha value is -1.61. The first-order valence-electron chi connectivity index (χ1n) is 7.47. The van der Waals surface area contributed by atoms with Crippen LogP contribution in [0.3, 0.4) is 0 Å². The van der Waals surface area contributed by atoms with Crippen LogP contribution < -0.4 is 0 Å². The molecule has 2 aromatic rings. The zero-order chi connectivity index (χ0) is 14.7. The van der Waals surface area contributed by atoms with E-state index in [0.717, 1.165) is 24.0 Å². The monoisotopic (exact) mass is 300 g/mol. The van der Waals surface area contributed by atoms with Crippen LogP contribution >= 0.6 is 0 Å². The second-order valence-corrected chi connectivity index (χ2v) is 8.30. The maximum absolute atomic E-state index is 12.7. The van der Waals surface area contributed by atoms with Gasteiger partial charge in [-0.2, -0.15) is 0 Å². The lowest BCUT2D eigenvalue weighted by Crippen LogP contribution is -2.26. The van der Waals surface area contributed by atoms with Gasteiger partial charge in [0.1, 0.15) is 0 Å². The van der Waals surface area contributed by atoms with Crippen LogP contribution in [0.5, 0.6) is 0 Å². The molecule has 0 bridgehead atoms. The second-order valence-electron chi connectivity index (χ2n) is 5.79. The Morgan fingerprint density at radius 1 is 0.714 bits per heavy atom. The first-order valence-corrected chi connectivity index (χ1v) is 9.08. The Kier molecular flexibility index (Phi) is 4.11. The molecule has 0 aliphatic carbocycles. The third-order valence-corrected chi connectivity index (χ3v) is 7.02. The van der Waals surface area contributed by atoms with Gasteiger partial charge in [-0.25, -0.2) is 8.42 Å². The van der Waals surface area contributed by atoms with Crippen LogP contribution in [0.1, 0.15) is 24.0 Å². The summed E-state index contributed by atoms with van der Waals surface area (Å²) in [5.74, 6) is 0. The maximum atomic E-state index is 12.7. The minimum Gasteiger partial charge on any atom is -0.228 e. The molecule has 0 radical (unpaired) electrons. The highest BCUT2D eigenvalue weighted by Crippen LogP contribution is 2.31.